The van der Waals surface area contributed by atoms with Gasteiger partial charge in [0.15, 0.2) is 0 Å². The predicted molar refractivity (Wildman–Crippen MR) is 44.7 cm³/mol. The second-order valence-electron chi connectivity index (χ2n) is 2.43. The van der Waals surface area contributed by atoms with Crippen LogP contribution in [0.15, 0.2) is 11.0 Å². The largest absolute Gasteiger partial charge is 1.00 e. The van der Waals surface area contributed by atoms with Crippen molar-refractivity contribution in [1.82, 2.24) is 0 Å². The van der Waals surface area contributed by atoms with Crippen molar-refractivity contribution >= 4 is 16.1 Å². The minimum Gasteiger partial charge on any atom is -0.744 e. The van der Waals surface area contributed by atoms with Crippen LogP contribution in [0.25, 0.3) is 0 Å². The Hall–Kier alpha value is 0.756. The molecule has 0 aromatic carbocycles. The molecule has 7 heteroatoms. The van der Waals surface area contributed by atoms with E-state index < -0.39 is 16.1 Å². The molecule has 0 unspecified atom stereocenters. The van der Waals surface area contributed by atoms with Crippen LogP contribution >= 0.6 is 0 Å². The van der Waals surface area contributed by atoms with Gasteiger partial charge in [0.1, 0.15) is 10.1 Å². The summed E-state index contributed by atoms with van der Waals surface area (Å²) in [5.41, 5.74) is -0.205. The third-order valence-electron chi connectivity index (χ3n) is 1.08. The van der Waals surface area contributed by atoms with E-state index in [1.165, 1.54) is 6.92 Å². The Morgan fingerprint density at radius 2 is 2.00 bits per heavy atom. The Balaban J connectivity index is 0. The van der Waals surface area contributed by atoms with Gasteiger partial charge in [-0.15, -0.1) is 0 Å². The van der Waals surface area contributed by atoms with Gasteiger partial charge >= 0.3 is 57.4 Å². The monoisotopic (exact) mass is 246 g/mol. The Morgan fingerprint density at radius 3 is 2.36 bits per heavy atom. The number of rotatable bonds is 4. The summed E-state index contributed by atoms with van der Waals surface area (Å²) >= 11 is 0. The predicted octanol–water partition coefficient (Wildman–Crippen LogP) is -2.61. The van der Waals surface area contributed by atoms with Crippen molar-refractivity contribution in [3.05, 3.63) is 11.0 Å². The maximum absolute atomic E-state index is 10.9. The molecule has 0 bridgehead atoms. The van der Waals surface area contributed by atoms with Crippen LogP contribution in [0.3, 0.4) is 0 Å². The summed E-state index contributed by atoms with van der Waals surface area (Å²) in [6.45, 7) is 3.23. The molecule has 0 saturated heterocycles. The van der Waals surface area contributed by atoms with Gasteiger partial charge in [-0.25, -0.2) is 13.2 Å². The molecule has 0 aromatic rings. The van der Waals surface area contributed by atoms with Gasteiger partial charge in [0.25, 0.3) is 0 Å². The van der Waals surface area contributed by atoms with Gasteiger partial charge in [-0.1, -0.05) is 6.92 Å². The maximum Gasteiger partial charge on any atom is 1.00 e. The molecule has 0 radical (unpaired) electrons. The van der Waals surface area contributed by atoms with Crippen LogP contribution < -0.4 is 51.4 Å². The van der Waals surface area contributed by atoms with E-state index in [-0.39, 0.29) is 63.6 Å². The molecule has 5 nitrogen and oxygen atoms in total. The smallest absolute Gasteiger partial charge is 0.744 e. The Morgan fingerprint density at radius 1 is 1.50 bits per heavy atom. The summed E-state index contributed by atoms with van der Waals surface area (Å²) in [6, 6.07) is 0. The second kappa shape index (κ2) is 7.97. The zero-order chi connectivity index (χ0) is 10.5. The van der Waals surface area contributed by atoms with Gasteiger partial charge < -0.3 is 9.29 Å². The van der Waals surface area contributed by atoms with E-state index in [0.29, 0.717) is 11.8 Å². The quantitative estimate of drug-likeness (QED) is 0.235. The first-order valence-electron chi connectivity index (χ1n) is 3.68. The summed E-state index contributed by atoms with van der Waals surface area (Å²) in [4.78, 5) is 10.9. The molecule has 0 atom stereocenters. The van der Waals surface area contributed by atoms with E-state index in [9.17, 15) is 17.8 Å². The number of esters is 1. The molecule has 0 spiro atoms. The zero-order valence-corrected chi connectivity index (χ0v) is 12.4. The van der Waals surface area contributed by atoms with Gasteiger partial charge in [-0.05, 0) is 13.3 Å². The maximum atomic E-state index is 10.9. The van der Waals surface area contributed by atoms with E-state index in [0.717, 1.165) is 0 Å². The van der Waals surface area contributed by atoms with Crippen LogP contribution in [-0.4, -0.2) is 25.5 Å². The fourth-order valence-electron chi connectivity index (χ4n) is 0.573. The van der Waals surface area contributed by atoms with Crippen molar-refractivity contribution in [1.29, 1.82) is 0 Å². The summed E-state index contributed by atoms with van der Waals surface area (Å²) < 4.78 is 35.1. The standard InChI is InChI=1S/C7H12O5S.K/c1-3-4-12-7(8)6(2)5-13(9,10)11;/h5H,3-4H2,1-2H3,(H,9,10,11);/q;+1/p-1. The Labute approximate surface area is 126 Å². The molecule has 0 fully saturated rings. The molecular formula is C7H11KO5S. The fourth-order valence-corrected chi connectivity index (χ4v) is 1.10. The molecule has 0 heterocycles. The second-order valence-corrected chi connectivity index (χ2v) is 3.65. The number of hydrogen-bond donors (Lipinski definition) is 0. The first-order valence-corrected chi connectivity index (χ1v) is 5.15. The van der Waals surface area contributed by atoms with Gasteiger partial charge in [0.05, 0.1) is 6.61 Å². The molecule has 0 aliphatic rings. The van der Waals surface area contributed by atoms with Gasteiger partial charge in [0.2, 0.25) is 0 Å². The van der Waals surface area contributed by atoms with Crippen molar-refractivity contribution in [3.8, 4) is 0 Å². The topological polar surface area (TPSA) is 83.5 Å². The van der Waals surface area contributed by atoms with E-state index in [4.69, 9.17) is 0 Å². The minimum absolute atomic E-state index is 0. The zero-order valence-electron chi connectivity index (χ0n) is 8.44. The SMILES string of the molecule is CCCOC(=O)C(C)=CS(=O)(=O)[O-].[K+]. The number of carbonyl (C=O) groups is 1. The summed E-state index contributed by atoms with van der Waals surface area (Å²) in [7, 11) is -4.51. The van der Waals surface area contributed by atoms with Crippen molar-refractivity contribution in [2.75, 3.05) is 6.61 Å². The molecule has 0 aromatic heterocycles. The average molecular weight is 246 g/mol. The minimum atomic E-state index is -4.51. The van der Waals surface area contributed by atoms with Crippen molar-refractivity contribution in [2.24, 2.45) is 0 Å². The molecule has 0 aliphatic carbocycles. The summed E-state index contributed by atoms with van der Waals surface area (Å²) in [5, 5.41) is 0.352. The van der Waals surface area contributed by atoms with Gasteiger partial charge in [0, 0.05) is 11.0 Å². The molecule has 0 amide bonds. The third-order valence-corrected chi connectivity index (χ3v) is 1.72. The normalized spacial score (nSPS) is 11.8. The molecule has 76 valence electrons. The number of carbonyl (C=O) groups excluding carboxylic acids is 1. The Kier molecular flexibility index (Phi) is 9.77. The van der Waals surface area contributed by atoms with Crippen molar-refractivity contribution in [3.63, 3.8) is 0 Å². The van der Waals surface area contributed by atoms with E-state index in [2.05, 4.69) is 4.74 Å². The van der Waals surface area contributed by atoms with Crippen LogP contribution in [0.2, 0.25) is 0 Å². The van der Waals surface area contributed by atoms with Gasteiger partial charge in [-0.2, -0.15) is 0 Å². The first kappa shape index (κ1) is 17.2. The average Bonchev–Trinajstić information content (AvgIpc) is 1.96. The van der Waals surface area contributed by atoms with Crippen LogP contribution in [0.4, 0.5) is 0 Å². The number of hydrogen-bond acceptors (Lipinski definition) is 5. The van der Waals surface area contributed by atoms with Crippen molar-refractivity contribution in [2.45, 2.75) is 20.3 Å². The van der Waals surface area contributed by atoms with Crippen LogP contribution in [0.5, 0.6) is 0 Å². The fraction of sp³-hybridized carbons (Fsp3) is 0.571. The summed E-state index contributed by atoms with van der Waals surface area (Å²) in [5.74, 6) is -0.777. The molecule has 14 heavy (non-hydrogen) atoms. The van der Waals surface area contributed by atoms with E-state index >= 15 is 0 Å². The van der Waals surface area contributed by atoms with Crippen molar-refractivity contribution < 1.29 is 73.9 Å². The third kappa shape index (κ3) is 9.32. The molecule has 0 aliphatic heterocycles. The van der Waals surface area contributed by atoms with Gasteiger partial charge in [-0.3, -0.25) is 0 Å². The molecule has 0 N–H and O–H groups in total. The van der Waals surface area contributed by atoms with Crippen LogP contribution in [-0.2, 0) is 19.6 Å². The molecular weight excluding hydrogens is 235 g/mol. The Bertz CT molecular complexity index is 306. The van der Waals surface area contributed by atoms with E-state index in [1.54, 1.807) is 6.92 Å². The molecule has 0 saturated carbocycles. The van der Waals surface area contributed by atoms with Crippen LogP contribution in [0.1, 0.15) is 20.3 Å². The molecule has 0 rings (SSSR count). The summed E-state index contributed by atoms with van der Waals surface area (Å²) in [6.07, 6.45) is 0.642. The van der Waals surface area contributed by atoms with Crippen LogP contribution in [0, 0.1) is 0 Å². The first-order chi connectivity index (χ1) is 5.87. The van der Waals surface area contributed by atoms with E-state index in [1.807, 2.05) is 0 Å². The number of ether oxygens (including phenoxy) is 1.